The van der Waals surface area contributed by atoms with Crippen LogP contribution in [0.15, 0.2) is 144 Å². The number of aromatic nitrogens is 2. The van der Waals surface area contributed by atoms with Crippen molar-refractivity contribution in [2.75, 3.05) is 4.90 Å². The fourth-order valence-electron chi connectivity index (χ4n) is 10.6. The van der Waals surface area contributed by atoms with Gasteiger partial charge in [-0.15, -0.1) is 0 Å². The quantitative estimate of drug-likeness (QED) is 0.163. The molecule has 0 N–H and O–H groups in total. The first-order valence-corrected chi connectivity index (χ1v) is 21.9. The molecule has 0 fully saturated rings. The average Bonchev–Trinajstić information content (AvgIpc) is 3.90. The first kappa shape index (κ1) is 36.4. The highest BCUT2D eigenvalue weighted by Crippen LogP contribution is 2.51. The summed E-state index contributed by atoms with van der Waals surface area (Å²) in [5, 5.41) is 6.28. The highest BCUT2D eigenvalue weighted by molar-refractivity contribution is 6.89. The smallest absolute Gasteiger partial charge is 0.375 e. The van der Waals surface area contributed by atoms with Gasteiger partial charge in [0.1, 0.15) is 11.2 Å². The number of anilines is 3. The topological polar surface area (TPSA) is 26.2 Å². The second kappa shape index (κ2) is 12.1. The van der Waals surface area contributed by atoms with Crippen LogP contribution >= 0.6 is 0 Å². The molecule has 0 bridgehead atoms. The molecule has 12 rings (SSSR count). The summed E-state index contributed by atoms with van der Waals surface area (Å²) in [7, 11) is 0. The van der Waals surface area contributed by atoms with E-state index in [2.05, 4.69) is 216 Å². The molecule has 0 amide bonds. The van der Waals surface area contributed by atoms with Crippen LogP contribution in [0.25, 0.3) is 71.4 Å². The number of fused-ring (bicyclic) bond motifs is 13. The van der Waals surface area contributed by atoms with E-state index in [4.69, 9.17) is 4.42 Å². The summed E-state index contributed by atoms with van der Waals surface area (Å²) in [4.78, 5) is 2.52. The number of para-hydroxylation sites is 3. The second-order valence-corrected chi connectivity index (χ2v) is 20.6. The molecule has 5 heteroatoms. The Kier molecular flexibility index (Phi) is 7.22. The summed E-state index contributed by atoms with van der Waals surface area (Å²) in [5.41, 5.74) is 19.2. The third-order valence-corrected chi connectivity index (χ3v) is 13.7. The molecule has 0 aliphatic carbocycles. The van der Waals surface area contributed by atoms with Crippen molar-refractivity contribution in [1.82, 2.24) is 9.05 Å². The molecule has 7 aromatic carbocycles. The number of furan rings is 1. The molecule has 2 aliphatic heterocycles. The Bertz CT molecular complexity index is 3470. The Morgan fingerprint density at radius 3 is 1.80 bits per heavy atom. The zero-order chi connectivity index (χ0) is 41.9. The van der Waals surface area contributed by atoms with E-state index in [1.54, 1.807) is 0 Å². The van der Waals surface area contributed by atoms with Gasteiger partial charge in [-0.2, -0.15) is 0 Å². The minimum atomic E-state index is -0.195. The molecule has 0 atom stereocenters. The zero-order valence-corrected chi connectivity index (χ0v) is 36.6. The minimum absolute atomic E-state index is 0.0402. The van der Waals surface area contributed by atoms with Gasteiger partial charge in [-0.25, -0.2) is 0 Å². The van der Waals surface area contributed by atoms with E-state index in [1.807, 2.05) is 0 Å². The summed E-state index contributed by atoms with van der Waals surface area (Å²) in [6.07, 6.45) is 0. The highest BCUT2D eigenvalue weighted by atomic mass is 16.3. The third kappa shape index (κ3) is 5.01. The van der Waals surface area contributed by atoms with E-state index in [-0.39, 0.29) is 23.1 Å². The van der Waals surface area contributed by atoms with E-state index in [9.17, 15) is 0 Å². The fourth-order valence-corrected chi connectivity index (χ4v) is 10.6. The molecule has 10 aromatic rings. The van der Waals surface area contributed by atoms with Gasteiger partial charge in [-0.3, -0.25) is 0 Å². The molecular formula is C56H50BN3O. The lowest BCUT2D eigenvalue weighted by Gasteiger charge is -2.40. The summed E-state index contributed by atoms with van der Waals surface area (Å²) in [6, 6.07) is 52.5. The van der Waals surface area contributed by atoms with Crippen LogP contribution in [-0.4, -0.2) is 15.9 Å². The highest BCUT2D eigenvalue weighted by Gasteiger charge is 2.47. The zero-order valence-electron chi connectivity index (χ0n) is 36.6. The van der Waals surface area contributed by atoms with Gasteiger partial charge in [0.25, 0.3) is 0 Å². The summed E-state index contributed by atoms with van der Waals surface area (Å²) >= 11 is 0. The molecule has 0 saturated heterocycles. The number of benzene rings is 7. The van der Waals surface area contributed by atoms with Crippen LogP contribution in [-0.2, 0) is 16.2 Å². The monoisotopic (exact) mass is 791 g/mol. The molecule has 298 valence electrons. The Balaban J connectivity index is 1.28. The predicted molar refractivity (Wildman–Crippen MR) is 260 cm³/mol. The molecule has 3 aromatic heterocycles. The summed E-state index contributed by atoms with van der Waals surface area (Å²) < 4.78 is 12.4. The van der Waals surface area contributed by atoms with Gasteiger partial charge in [0, 0.05) is 60.6 Å². The van der Waals surface area contributed by atoms with E-state index < -0.39 is 0 Å². The Hall–Kier alpha value is -6.46. The van der Waals surface area contributed by atoms with Crippen molar-refractivity contribution in [3.63, 3.8) is 0 Å². The van der Waals surface area contributed by atoms with E-state index >= 15 is 0 Å². The fraction of sp³-hybridized carbons (Fsp3) is 0.214. The number of nitrogens with zero attached hydrogens (tertiary/aromatic N) is 3. The van der Waals surface area contributed by atoms with Crippen molar-refractivity contribution in [2.24, 2.45) is 0 Å². The maximum Gasteiger partial charge on any atom is 0.375 e. The lowest BCUT2D eigenvalue weighted by atomic mass is 9.47. The molecule has 5 heterocycles. The number of rotatable bonds is 2. The first-order valence-electron chi connectivity index (χ1n) is 21.9. The Morgan fingerprint density at radius 2 is 1.08 bits per heavy atom. The molecule has 2 aliphatic rings. The van der Waals surface area contributed by atoms with Crippen LogP contribution in [0.1, 0.15) is 79.0 Å². The summed E-state index contributed by atoms with van der Waals surface area (Å²) in [5.74, 6) is 0. The van der Waals surface area contributed by atoms with Gasteiger partial charge >= 0.3 is 6.85 Å². The maximum absolute atomic E-state index is 7.26. The van der Waals surface area contributed by atoms with Crippen LogP contribution in [0.5, 0.6) is 0 Å². The van der Waals surface area contributed by atoms with Gasteiger partial charge in [0.2, 0.25) is 0 Å². The van der Waals surface area contributed by atoms with Crippen LogP contribution < -0.4 is 16.0 Å². The van der Waals surface area contributed by atoms with Gasteiger partial charge in [-0.1, -0.05) is 129 Å². The molecule has 4 nitrogen and oxygen atoms in total. The standard InChI is InChI=1S/C56H50BN3O/c1-54(2,3)33-23-25-37(26-24-33)59-46-32-35(56(7,8)9)29-40-41-30-34(55(4,5)6)31-42-49-45(60(51(41)42)57(50(40)46)53-52(59)39-20-14-16-22-47(39)61-53)28-27-44-48(49)38-19-13-15-21-43(38)58(44)36-17-11-10-12-18-36/h10-32H,1-9H3. The van der Waals surface area contributed by atoms with Crippen molar-refractivity contribution in [3.8, 4) is 16.8 Å². The molecule has 0 radical (unpaired) electrons. The predicted octanol–water partition coefficient (Wildman–Crippen LogP) is 13.9. The number of hydrogen-bond acceptors (Lipinski definition) is 2. The second-order valence-electron chi connectivity index (χ2n) is 20.6. The normalized spacial score (nSPS) is 13.9. The van der Waals surface area contributed by atoms with Gasteiger partial charge in [-0.05, 0) is 117 Å². The summed E-state index contributed by atoms with van der Waals surface area (Å²) in [6.45, 7) is 20.8. The van der Waals surface area contributed by atoms with Gasteiger partial charge < -0.3 is 18.4 Å². The molecule has 0 spiro atoms. The largest absolute Gasteiger partial charge is 0.466 e. The van der Waals surface area contributed by atoms with Crippen molar-refractivity contribution in [1.29, 1.82) is 0 Å². The van der Waals surface area contributed by atoms with Gasteiger partial charge in [0.05, 0.1) is 16.7 Å². The van der Waals surface area contributed by atoms with E-state index in [1.165, 1.54) is 88.3 Å². The van der Waals surface area contributed by atoms with Crippen LogP contribution in [0.3, 0.4) is 0 Å². The van der Waals surface area contributed by atoms with Crippen molar-refractivity contribution in [3.05, 3.63) is 156 Å². The van der Waals surface area contributed by atoms with Crippen molar-refractivity contribution < 1.29 is 4.42 Å². The SMILES string of the molecule is CC(C)(C)c1ccc(N2c3cc(C(C)(C)C)cc4c3B(c3oc5ccccc5c32)n2c3ccc5c(c6ccccc6n5-c5ccccc5)c3c3cc(C(C)(C)C)cc-4c32)cc1. The van der Waals surface area contributed by atoms with E-state index in [0.29, 0.717) is 0 Å². The molecule has 0 unspecified atom stereocenters. The Morgan fingerprint density at radius 1 is 0.475 bits per heavy atom. The molecular weight excluding hydrogens is 741 g/mol. The lowest BCUT2D eigenvalue weighted by Crippen LogP contribution is -2.56. The Labute approximate surface area is 358 Å². The molecule has 61 heavy (non-hydrogen) atoms. The number of hydrogen-bond donors (Lipinski definition) is 0. The van der Waals surface area contributed by atoms with Crippen molar-refractivity contribution in [2.45, 2.75) is 78.6 Å². The lowest BCUT2D eigenvalue weighted by molar-refractivity contribution is 0.589. The van der Waals surface area contributed by atoms with Crippen LogP contribution in [0.4, 0.5) is 17.1 Å². The molecule has 0 saturated carbocycles. The third-order valence-electron chi connectivity index (χ3n) is 13.7. The van der Waals surface area contributed by atoms with E-state index in [0.717, 1.165) is 28.0 Å². The average molecular weight is 792 g/mol. The first-order chi connectivity index (χ1) is 29.2. The van der Waals surface area contributed by atoms with Crippen LogP contribution in [0, 0.1) is 0 Å². The minimum Gasteiger partial charge on any atom is -0.466 e. The van der Waals surface area contributed by atoms with Crippen molar-refractivity contribution >= 4 is 89.6 Å². The van der Waals surface area contributed by atoms with Gasteiger partial charge in [0.15, 0.2) is 0 Å². The van der Waals surface area contributed by atoms with Crippen LogP contribution in [0.2, 0.25) is 0 Å². The maximum atomic E-state index is 7.26.